The van der Waals surface area contributed by atoms with Gasteiger partial charge in [-0.15, -0.1) is 0 Å². The van der Waals surface area contributed by atoms with Gasteiger partial charge in [0.25, 0.3) is 0 Å². The van der Waals surface area contributed by atoms with Crippen LogP contribution in [0.4, 0.5) is 10.2 Å². The first-order chi connectivity index (χ1) is 7.15. The van der Waals surface area contributed by atoms with E-state index >= 15 is 0 Å². The Morgan fingerprint density at radius 1 is 1.80 bits per heavy atom. The molecule has 0 bridgehead atoms. The second kappa shape index (κ2) is 3.98. The average Bonchev–Trinajstić information content (AvgIpc) is 2.75. The number of anilines is 1. The summed E-state index contributed by atoms with van der Waals surface area (Å²) >= 11 is 0. The van der Waals surface area contributed by atoms with Crippen molar-refractivity contribution in [2.24, 2.45) is 7.05 Å². The number of carbonyl (C=O) groups excluding carboxylic acids is 1. The summed E-state index contributed by atoms with van der Waals surface area (Å²) in [7, 11) is 1.76. The Labute approximate surface area is 86.6 Å². The number of aryl methyl sites for hydroxylation is 1. The molecule has 2 atom stereocenters. The molecule has 1 fully saturated rings. The molecule has 2 N–H and O–H groups in total. The highest BCUT2D eigenvalue weighted by atomic mass is 19.1. The minimum Gasteiger partial charge on any atom is -0.308 e. The van der Waals surface area contributed by atoms with Crippen LogP contribution in [0.25, 0.3) is 0 Å². The highest BCUT2D eigenvalue weighted by Crippen LogP contribution is 2.11. The molecule has 1 aromatic heterocycles. The van der Waals surface area contributed by atoms with Crippen LogP contribution in [0.15, 0.2) is 12.3 Å². The molecule has 1 aliphatic rings. The van der Waals surface area contributed by atoms with E-state index in [1.54, 1.807) is 24.0 Å². The third-order valence-electron chi connectivity index (χ3n) is 2.36. The van der Waals surface area contributed by atoms with E-state index in [1.807, 2.05) is 0 Å². The second-order valence-corrected chi connectivity index (χ2v) is 3.66. The van der Waals surface area contributed by atoms with Crippen molar-refractivity contribution >= 4 is 11.7 Å². The lowest BCUT2D eigenvalue weighted by molar-refractivity contribution is -0.117. The molecule has 0 aromatic carbocycles. The van der Waals surface area contributed by atoms with Gasteiger partial charge in [-0.25, -0.2) is 4.39 Å². The zero-order valence-electron chi connectivity index (χ0n) is 8.40. The van der Waals surface area contributed by atoms with Gasteiger partial charge in [0.05, 0.1) is 6.04 Å². The normalized spacial score (nSPS) is 25.5. The molecule has 2 rings (SSSR count). The molecule has 0 radical (unpaired) electrons. The van der Waals surface area contributed by atoms with Crippen LogP contribution >= 0.6 is 0 Å². The standard InChI is InChI=1S/C9H13FN4O/c1-14-3-2-8(13-14)12-9(15)7-4-6(10)5-11-7/h2-3,6-7,11H,4-5H2,1H3,(H,12,13,15)/t6-,7+/m0/s1. The van der Waals surface area contributed by atoms with Crippen LogP contribution in [0.5, 0.6) is 0 Å². The van der Waals surface area contributed by atoms with E-state index in [0.29, 0.717) is 5.82 Å². The Morgan fingerprint density at radius 2 is 2.60 bits per heavy atom. The summed E-state index contributed by atoms with van der Waals surface area (Å²) in [5.41, 5.74) is 0. The summed E-state index contributed by atoms with van der Waals surface area (Å²) in [6.45, 7) is 0.250. The van der Waals surface area contributed by atoms with Crippen molar-refractivity contribution in [2.75, 3.05) is 11.9 Å². The van der Waals surface area contributed by atoms with Gasteiger partial charge in [-0.3, -0.25) is 9.48 Å². The Hall–Kier alpha value is -1.43. The molecule has 0 aliphatic carbocycles. The maximum Gasteiger partial charge on any atom is 0.242 e. The van der Waals surface area contributed by atoms with Crippen molar-refractivity contribution in [3.05, 3.63) is 12.3 Å². The zero-order chi connectivity index (χ0) is 10.8. The first kappa shape index (κ1) is 10.1. The van der Waals surface area contributed by atoms with Crippen LogP contribution in [-0.4, -0.2) is 34.4 Å². The molecule has 1 aromatic rings. The Bertz CT molecular complexity index is 365. The SMILES string of the molecule is Cn1ccc(NC(=O)[C@H]2C[C@H](F)CN2)n1. The average molecular weight is 212 g/mol. The lowest BCUT2D eigenvalue weighted by Crippen LogP contribution is -2.35. The molecule has 82 valence electrons. The quantitative estimate of drug-likeness (QED) is 0.728. The van der Waals surface area contributed by atoms with Gasteiger partial charge in [0.2, 0.25) is 5.91 Å². The fraction of sp³-hybridized carbons (Fsp3) is 0.556. The third-order valence-corrected chi connectivity index (χ3v) is 2.36. The summed E-state index contributed by atoms with van der Waals surface area (Å²) in [6, 6.07) is 1.25. The Balaban J connectivity index is 1.92. The molecule has 15 heavy (non-hydrogen) atoms. The van der Waals surface area contributed by atoms with Gasteiger partial charge in [0.15, 0.2) is 5.82 Å². The molecule has 1 aliphatic heterocycles. The van der Waals surface area contributed by atoms with Crippen LogP contribution in [-0.2, 0) is 11.8 Å². The Kier molecular flexibility index (Phi) is 2.68. The number of amides is 1. The van der Waals surface area contributed by atoms with Crippen molar-refractivity contribution in [3.63, 3.8) is 0 Å². The summed E-state index contributed by atoms with van der Waals surface area (Å²) in [6.07, 6.45) is 1.04. The number of aromatic nitrogens is 2. The van der Waals surface area contributed by atoms with Crippen molar-refractivity contribution in [2.45, 2.75) is 18.6 Å². The molecule has 1 amide bonds. The van der Waals surface area contributed by atoms with Gasteiger partial charge >= 0.3 is 0 Å². The smallest absolute Gasteiger partial charge is 0.242 e. The van der Waals surface area contributed by atoms with E-state index in [1.165, 1.54) is 0 Å². The monoisotopic (exact) mass is 212 g/mol. The minimum atomic E-state index is -0.926. The maximum absolute atomic E-state index is 12.8. The summed E-state index contributed by atoms with van der Waals surface area (Å²) in [5.74, 6) is 0.264. The van der Waals surface area contributed by atoms with E-state index < -0.39 is 12.2 Å². The van der Waals surface area contributed by atoms with Crippen LogP contribution in [0, 0.1) is 0 Å². The van der Waals surface area contributed by atoms with Crippen LogP contribution in [0.3, 0.4) is 0 Å². The number of hydrogen-bond donors (Lipinski definition) is 2. The van der Waals surface area contributed by atoms with Gasteiger partial charge in [-0.2, -0.15) is 5.10 Å². The molecular weight excluding hydrogens is 199 g/mol. The zero-order valence-corrected chi connectivity index (χ0v) is 8.40. The highest BCUT2D eigenvalue weighted by Gasteiger charge is 2.29. The number of alkyl halides is 1. The van der Waals surface area contributed by atoms with Crippen LogP contribution in [0.1, 0.15) is 6.42 Å². The van der Waals surface area contributed by atoms with E-state index in [4.69, 9.17) is 0 Å². The maximum atomic E-state index is 12.8. The first-order valence-electron chi connectivity index (χ1n) is 4.83. The Morgan fingerprint density at radius 3 is 3.13 bits per heavy atom. The lowest BCUT2D eigenvalue weighted by Gasteiger charge is -2.08. The minimum absolute atomic E-state index is 0.228. The molecular formula is C9H13FN4O. The number of halogens is 1. The molecule has 0 saturated carbocycles. The fourth-order valence-electron chi connectivity index (χ4n) is 1.59. The lowest BCUT2D eigenvalue weighted by atomic mass is 10.2. The van der Waals surface area contributed by atoms with Crippen molar-refractivity contribution < 1.29 is 9.18 Å². The predicted molar refractivity (Wildman–Crippen MR) is 53.1 cm³/mol. The predicted octanol–water partition coefficient (Wildman–Crippen LogP) is 0.0586. The summed E-state index contributed by atoms with van der Waals surface area (Å²) in [4.78, 5) is 11.6. The van der Waals surface area contributed by atoms with Gasteiger partial charge in [-0.05, 0) is 0 Å². The molecule has 2 heterocycles. The van der Waals surface area contributed by atoms with Crippen molar-refractivity contribution in [1.29, 1.82) is 0 Å². The number of nitrogens with zero attached hydrogens (tertiary/aromatic N) is 2. The molecule has 5 nitrogen and oxygen atoms in total. The summed E-state index contributed by atoms with van der Waals surface area (Å²) in [5, 5.41) is 9.44. The number of nitrogens with one attached hydrogen (secondary N) is 2. The molecule has 0 unspecified atom stereocenters. The van der Waals surface area contributed by atoms with Crippen LogP contribution in [0.2, 0.25) is 0 Å². The molecule has 1 saturated heterocycles. The van der Waals surface area contributed by atoms with Gasteiger partial charge in [-0.1, -0.05) is 0 Å². The van der Waals surface area contributed by atoms with Crippen molar-refractivity contribution in [3.8, 4) is 0 Å². The van der Waals surface area contributed by atoms with Gasteiger partial charge < -0.3 is 10.6 Å². The fourth-order valence-corrected chi connectivity index (χ4v) is 1.59. The topological polar surface area (TPSA) is 59.0 Å². The van der Waals surface area contributed by atoms with E-state index in [0.717, 1.165) is 0 Å². The van der Waals surface area contributed by atoms with E-state index in [9.17, 15) is 9.18 Å². The first-order valence-corrected chi connectivity index (χ1v) is 4.83. The van der Waals surface area contributed by atoms with E-state index in [-0.39, 0.29) is 18.9 Å². The van der Waals surface area contributed by atoms with Gasteiger partial charge in [0.1, 0.15) is 6.17 Å². The highest BCUT2D eigenvalue weighted by molar-refractivity contribution is 5.94. The number of rotatable bonds is 2. The number of hydrogen-bond acceptors (Lipinski definition) is 3. The molecule has 6 heteroatoms. The van der Waals surface area contributed by atoms with Crippen LogP contribution < -0.4 is 10.6 Å². The van der Waals surface area contributed by atoms with E-state index in [2.05, 4.69) is 15.7 Å². The number of carbonyl (C=O) groups is 1. The summed E-state index contributed by atoms with van der Waals surface area (Å²) < 4.78 is 14.4. The van der Waals surface area contributed by atoms with Gasteiger partial charge in [0, 0.05) is 32.3 Å². The molecule has 0 spiro atoms. The van der Waals surface area contributed by atoms with Crippen molar-refractivity contribution in [1.82, 2.24) is 15.1 Å². The largest absolute Gasteiger partial charge is 0.308 e. The third kappa shape index (κ3) is 2.33. The second-order valence-electron chi connectivity index (χ2n) is 3.66.